The second-order valence-electron chi connectivity index (χ2n) is 4.47. The Hall–Kier alpha value is -1.88. The van der Waals surface area contributed by atoms with Crippen molar-refractivity contribution in [1.82, 2.24) is 9.55 Å². The van der Waals surface area contributed by atoms with Gasteiger partial charge in [-0.1, -0.05) is 12.1 Å². The van der Waals surface area contributed by atoms with Gasteiger partial charge in [-0.05, 0) is 31.0 Å². The van der Waals surface area contributed by atoms with E-state index in [1.807, 2.05) is 13.1 Å². The molecule has 0 aliphatic rings. The number of nitrogens with zero attached hydrogens (tertiary/aromatic N) is 2. The molecule has 1 aromatic heterocycles. The average molecular weight is 277 g/mol. The van der Waals surface area contributed by atoms with E-state index >= 15 is 0 Å². The number of aromatic nitrogens is 2. The van der Waals surface area contributed by atoms with Crippen LogP contribution in [0, 0.1) is 5.82 Å². The fraction of sp³-hybridized carbons (Fsp3) is 0.400. The quantitative estimate of drug-likeness (QED) is 0.754. The van der Waals surface area contributed by atoms with E-state index in [0.717, 1.165) is 37.7 Å². The molecule has 1 heterocycles. The van der Waals surface area contributed by atoms with E-state index in [4.69, 9.17) is 4.74 Å². The molecule has 0 unspecified atom stereocenters. The lowest BCUT2D eigenvalue weighted by Crippen LogP contribution is -2.09. The number of halogens is 1. The number of hydrogen-bond donors (Lipinski definition) is 1. The molecule has 0 radical (unpaired) electrons. The highest BCUT2D eigenvalue weighted by Crippen LogP contribution is 2.09. The van der Waals surface area contributed by atoms with E-state index in [2.05, 4.69) is 14.9 Å². The Morgan fingerprint density at radius 3 is 2.85 bits per heavy atom. The largest absolute Gasteiger partial charge is 0.382 e. The van der Waals surface area contributed by atoms with Crippen molar-refractivity contribution < 1.29 is 9.13 Å². The van der Waals surface area contributed by atoms with Gasteiger partial charge in [0.25, 0.3) is 0 Å². The lowest BCUT2D eigenvalue weighted by atomic mass is 10.2. The lowest BCUT2D eigenvalue weighted by Gasteiger charge is -2.10. The molecular formula is C15H20FN3O. The standard InChI is InChI=1S/C15H20FN3O/c1-2-20-11-3-9-19-10-8-17-15(19)18-12-13-4-6-14(16)7-5-13/h4-8,10H,2-3,9,11-12H2,1H3,(H,17,18). The second kappa shape index (κ2) is 7.65. The highest BCUT2D eigenvalue weighted by atomic mass is 19.1. The Balaban J connectivity index is 1.83. The van der Waals surface area contributed by atoms with Gasteiger partial charge in [-0.3, -0.25) is 0 Å². The van der Waals surface area contributed by atoms with Crippen LogP contribution in [0.25, 0.3) is 0 Å². The van der Waals surface area contributed by atoms with E-state index < -0.39 is 0 Å². The Kier molecular flexibility index (Phi) is 5.55. The maximum absolute atomic E-state index is 12.8. The minimum absolute atomic E-state index is 0.217. The van der Waals surface area contributed by atoms with Gasteiger partial charge in [0.15, 0.2) is 0 Å². The fourth-order valence-corrected chi connectivity index (χ4v) is 1.92. The third-order valence-electron chi connectivity index (χ3n) is 2.97. The molecule has 0 atom stereocenters. The van der Waals surface area contributed by atoms with Crippen molar-refractivity contribution in [3.63, 3.8) is 0 Å². The molecule has 108 valence electrons. The van der Waals surface area contributed by atoms with Crippen LogP contribution in [0.15, 0.2) is 36.7 Å². The van der Waals surface area contributed by atoms with Crippen LogP contribution in [0.2, 0.25) is 0 Å². The molecule has 0 aliphatic heterocycles. The zero-order valence-electron chi connectivity index (χ0n) is 11.7. The van der Waals surface area contributed by atoms with Crippen molar-refractivity contribution in [1.29, 1.82) is 0 Å². The number of imidazole rings is 1. The first-order valence-corrected chi connectivity index (χ1v) is 6.87. The van der Waals surface area contributed by atoms with E-state index in [-0.39, 0.29) is 5.82 Å². The summed E-state index contributed by atoms with van der Waals surface area (Å²) in [5.74, 6) is 0.608. The zero-order valence-corrected chi connectivity index (χ0v) is 11.7. The van der Waals surface area contributed by atoms with Crippen molar-refractivity contribution in [2.24, 2.45) is 0 Å². The summed E-state index contributed by atoms with van der Waals surface area (Å²) in [6, 6.07) is 6.46. The summed E-state index contributed by atoms with van der Waals surface area (Å²) in [6.45, 7) is 4.99. The summed E-state index contributed by atoms with van der Waals surface area (Å²) in [7, 11) is 0. The molecular weight excluding hydrogens is 257 g/mol. The molecule has 0 saturated carbocycles. The second-order valence-corrected chi connectivity index (χ2v) is 4.47. The molecule has 0 fully saturated rings. The highest BCUT2D eigenvalue weighted by molar-refractivity contribution is 5.29. The first-order chi connectivity index (χ1) is 9.79. The fourth-order valence-electron chi connectivity index (χ4n) is 1.92. The minimum atomic E-state index is -0.217. The zero-order chi connectivity index (χ0) is 14.2. The number of rotatable bonds is 8. The Bertz CT molecular complexity index is 510. The molecule has 0 saturated heterocycles. The van der Waals surface area contributed by atoms with Crippen LogP contribution < -0.4 is 5.32 Å². The van der Waals surface area contributed by atoms with Gasteiger partial charge in [0.05, 0.1) is 0 Å². The molecule has 2 aromatic rings. The van der Waals surface area contributed by atoms with Gasteiger partial charge in [0.2, 0.25) is 5.95 Å². The molecule has 1 N–H and O–H groups in total. The number of benzene rings is 1. The number of ether oxygens (including phenoxy) is 1. The number of anilines is 1. The van der Waals surface area contributed by atoms with Crippen LogP contribution in [0.3, 0.4) is 0 Å². The van der Waals surface area contributed by atoms with Crippen LogP contribution in [-0.2, 0) is 17.8 Å². The molecule has 0 bridgehead atoms. The van der Waals surface area contributed by atoms with Gasteiger partial charge < -0.3 is 14.6 Å². The van der Waals surface area contributed by atoms with Crippen LogP contribution in [-0.4, -0.2) is 22.8 Å². The van der Waals surface area contributed by atoms with E-state index in [9.17, 15) is 4.39 Å². The van der Waals surface area contributed by atoms with Gasteiger partial charge in [0, 0.05) is 38.7 Å². The molecule has 0 aliphatic carbocycles. The van der Waals surface area contributed by atoms with Crippen LogP contribution in [0.5, 0.6) is 0 Å². The molecule has 0 spiro atoms. The summed E-state index contributed by atoms with van der Waals surface area (Å²) >= 11 is 0. The molecule has 5 heteroatoms. The Morgan fingerprint density at radius 2 is 2.10 bits per heavy atom. The first kappa shape index (κ1) is 14.5. The summed E-state index contributed by atoms with van der Waals surface area (Å²) in [4.78, 5) is 4.28. The maximum Gasteiger partial charge on any atom is 0.203 e. The van der Waals surface area contributed by atoms with Gasteiger partial charge in [-0.2, -0.15) is 0 Å². The van der Waals surface area contributed by atoms with Crippen molar-refractivity contribution in [2.75, 3.05) is 18.5 Å². The summed E-state index contributed by atoms with van der Waals surface area (Å²) in [5, 5.41) is 3.26. The SMILES string of the molecule is CCOCCCn1ccnc1NCc1ccc(F)cc1. The maximum atomic E-state index is 12.8. The molecule has 20 heavy (non-hydrogen) atoms. The number of aryl methyl sites for hydroxylation is 1. The predicted octanol–water partition coefficient (Wildman–Crippen LogP) is 3.06. The van der Waals surface area contributed by atoms with Crippen molar-refractivity contribution >= 4 is 5.95 Å². The third-order valence-corrected chi connectivity index (χ3v) is 2.97. The van der Waals surface area contributed by atoms with Crippen LogP contribution in [0.1, 0.15) is 18.9 Å². The topological polar surface area (TPSA) is 39.1 Å². The minimum Gasteiger partial charge on any atom is -0.382 e. The van der Waals surface area contributed by atoms with Crippen LogP contribution in [0.4, 0.5) is 10.3 Å². The van der Waals surface area contributed by atoms with Gasteiger partial charge in [-0.15, -0.1) is 0 Å². The summed E-state index contributed by atoms with van der Waals surface area (Å²) in [5.41, 5.74) is 1.02. The monoisotopic (exact) mass is 277 g/mol. The molecule has 1 aromatic carbocycles. The van der Waals surface area contributed by atoms with E-state index in [1.54, 1.807) is 18.3 Å². The number of hydrogen-bond acceptors (Lipinski definition) is 3. The first-order valence-electron chi connectivity index (χ1n) is 6.87. The average Bonchev–Trinajstić information content (AvgIpc) is 2.90. The third kappa shape index (κ3) is 4.35. The lowest BCUT2D eigenvalue weighted by molar-refractivity contribution is 0.142. The number of nitrogens with one attached hydrogen (secondary N) is 1. The van der Waals surface area contributed by atoms with Crippen LogP contribution >= 0.6 is 0 Å². The van der Waals surface area contributed by atoms with Crippen molar-refractivity contribution in [2.45, 2.75) is 26.4 Å². The van der Waals surface area contributed by atoms with Gasteiger partial charge in [-0.25, -0.2) is 9.37 Å². The summed E-state index contributed by atoms with van der Waals surface area (Å²) in [6.07, 6.45) is 4.67. The van der Waals surface area contributed by atoms with E-state index in [1.165, 1.54) is 12.1 Å². The smallest absolute Gasteiger partial charge is 0.203 e. The molecule has 0 amide bonds. The Labute approximate surface area is 118 Å². The summed E-state index contributed by atoms with van der Waals surface area (Å²) < 4.78 is 20.2. The highest BCUT2D eigenvalue weighted by Gasteiger charge is 2.02. The van der Waals surface area contributed by atoms with Gasteiger partial charge in [0.1, 0.15) is 5.82 Å². The van der Waals surface area contributed by atoms with Crippen molar-refractivity contribution in [3.8, 4) is 0 Å². The molecule has 4 nitrogen and oxygen atoms in total. The Morgan fingerprint density at radius 1 is 1.30 bits per heavy atom. The molecule has 2 rings (SSSR count). The van der Waals surface area contributed by atoms with Crippen molar-refractivity contribution in [3.05, 3.63) is 48.0 Å². The van der Waals surface area contributed by atoms with E-state index in [0.29, 0.717) is 6.54 Å². The predicted molar refractivity (Wildman–Crippen MR) is 77.1 cm³/mol. The van der Waals surface area contributed by atoms with Gasteiger partial charge >= 0.3 is 0 Å². The normalized spacial score (nSPS) is 10.7.